The Hall–Kier alpha value is -3.90. The van der Waals surface area contributed by atoms with Crippen molar-refractivity contribution < 1.29 is 32.3 Å². The standard InChI is InChI=1S/C25H29F3N6O4/c1-14(2)23-31-32-24(38-23)16-9-7-15(8-10-16)21(36)29-11-12-30-22(37)17-13-34(33-20(17)25(26,27)28)18-5-3-4-6-19(18)35/h3-6,13-16,35H,7-12H2,1-2H3,(H,29,36)(H,30,37). The Balaban J connectivity index is 1.27. The average Bonchev–Trinajstić information content (AvgIpc) is 3.55. The maximum Gasteiger partial charge on any atom is 0.435 e. The predicted octanol–water partition coefficient (Wildman–Crippen LogP) is 3.92. The zero-order valence-electron chi connectivity index (χ0n) is 21.0. The van der Waals surface area contributed by atoms with E-state index in [1.165, 1.54) is 24.3 Å². The van der Waals surface area contributed by atoms with Crippen molar-refractivity contribution >= 4 is 11.8 Å². The van der Waals surface area contributed by atoms with Crippen molar-refractivity contribution in [2.45, 2.75) is 57.5 Å². The van der Waals surface area contributed by atoms with Gasteiger partial charge in [-0.3, -0.25) is 9.59 Å². The topological polar surface area (TPSA) is 135 Å². The molecule has 2 amide bonds. The van der Waals surface area contributed by atoms with Crippen LogP contribution in [-0.4, -0.2) is 50.0 Å². The van der Waals surface area contributed by atoms with Gasteiger partial charge in [-0.1, -0.05) is 26.0 Å². The van der Waals surface area contributed by atoms with Crippen molar-refractivity contribution in [3.8, 4) is 11.4 Å². The van der Waals surface area contributed by atoms with E-state index in [2.05, 4.69) is 25.9 Å². The fourth-order valence-electron chi connectivity index (χ4n) is 4.38. The molecule has 1 saturated carbocycles. The van der Waals surface area contributed by atoms with Crippen LogP contribution in [0.4, 0.5) is 13.2 Å². The number of nitrogens with zero attached hydrogens (tertiary/aromatic N) is 4. The molecule has 0 unspecified atom stereocenters. The van der Waals surface area contributed by atoms with Gasteiger partial charge in [0.1, 0.15) is 11.4 Å². The van der Waals surface area contributed by atoms with E-state index in [9.17, 15) is 27.9 Å². The molecular formula is C25H29F3N6O4. The molecule has 0 atom stereocenters. The minimum atomic E-state index is -4.88. The number of hydrogen-bond donors (Lipinski definition) is 3. The van der Waals surface area contributed by atoms with Gasteiger partial charge in [0.25, 0.3) is 5.91 Å². The third-order valence-electron chi connectivity index (χ3n) is 6.46. The van der Waals surface area contributed by atoms with E-state index >= 15 is 0 Å². The molecule has 2 heterocycles. The Morgan fingerprint density at radius 3 is 2.42 bits per heavy atom. The SMILES string of the molecule is CC(C)c1nnc(C2CCC(C(=O)NCCNC(=O)c3cn(-c4ccccc4O)nc3C(F)(F)F)CC2)o1. The van der Waals surface area contributed by atoms with Crippen LogP contribution in [0, 0.1) is 5.92 Å². The van der Waals surface area contributed by atoms with Gasteiger partial charge in [-0.15, -0.1) is 10.2 Å². The number of phenols is 1. The molecule has 204 valence electrons. The molecule has 4 rings (SSSR count). The highest BCUT2D eigenvalue weighted by atomic mass is 19.4. The molecule has 1 aromatic carbocycles. The molecule has 0 bridgehead atoms. The highest BCUT2D eigenvalue weighted by Crippen LogP contribution is 2.36. The van der Waals surface area contributed by atoms with Crippen LogP contribution in [0.2, 0.25) is 0 Å². The normalized spacial score (nSPS) is 17.9. The Morgan fingerprint density at radius 1 is 1.11 bits per heavy atom. The lowest BCUT2D eigenvalue weighted by atomic mass is 9.81. The van der Waals surface area contributed by atoms with Crippen LogP contribution in [0.5, 0.6) is 5.75 Å². The summed E-state index contributed by atoms with van der Waals surface area (Å²) in [7, 11) is 0. The summed E-state index contributed by atoms with van der Waals surface area (Å²) in [6.45, 7) is 3.93. The Bertz CT molecular complexity index is 1280. The molecule has 0 aliphatic heterocycles. The summed E-state index contributed by atoms with van der Waals surface area (Å²) in [4.78, 5) is 25.1. The number of phenolic OH excluding ortho intramolecular Hbond substituents is 1. The number of hydrogen-bond acceptors (Lipinski definition) is 7. The van der Waals surface area contributed by atoms with Gasteiger partial charge in [0.2, 0.25) is 17.7 Å². The first-order valence-electron chi connectivity index (χ1n) is 12.4. The maximum atomic E-state index is 13.5. The van der Waals surface area contributed by atoms with Gasteiger partial charge in [-0.25, -0.2) is 4.68 Å². The maximum absolute atomic E-state index is 13.5. The summed E-state index contributed by atoms with van der Waals surface area (Å²) in [6.07, 6.45) is -1.22. The quantitative estimate of drug-likeness (QED) is 0.373. The van der Waals surface area contributed by atoms with Crippen molar-refractivity contribution in [1.29, 1.82) is 0 Å². The number of carbonyl (C=O) groups is 2. The second kappa shape index (κ2) is 11.2. The fraction of sp³-hybridized carbons (Fsp3) is 0.480. The van der Waals surface area contributed by atoms with E-state index < -0.39 is 23.3 Å². The highest BCUT2D eigenvalue weighted by Gasteiger charge is 2.39. The van der Waals surface area contributed by atoms with Crippen molar-refractivity contribution in [3.63, 3.8) is 0 Å². The first kappa shape index (κ1) is 27.1. The number of para-hydroxylation sites is 2. The summed E-state index contributed by atoms with van der Waals surface area (Å²) >= 11 is 0. The van der Waals surface area contributed by atoms with Crippen LogP contribution in [0.15, 0.2) is 34.9 Å². The number of alkyl halides is 3. The minimum absolute atomic E-state index is 0.00140. The largest absolute Gasteiger partial charge is 0.506 e. The molecule has 2 aromatic heterocycles. The van der Waals surface area contributed by atoms with E-state index in [0.29, 0.717) is 24.6 Å². The molecule has 10 nitrogen and oxygen atoms in total. The highest BCUT2D eigenvalue weighted by molar-refractivity contribution is 5.95. The van der Waals surface area contributed by atoms with Crippen molar-refractivity contribution in [2.75, 3.05) is 13.1 Å². The lowest BCUT2D eigenvalue weighted by Gasteiger charge is -2.25. The van der Waals surface area contributed by atoms with Crippen molar-refractivity contribution in [2.24, 2.45) is 5.92 Å². The van der Waals surface area contributed by atoms with E-state index in [0.717, 1.165) is 23.7 Å². The van der Waals surface area contributed by atoms with Gasteiger partial charge in [0, 0.05) is 37.0 Å². The first-order valence-corrected chi connectivity index (χ1v) is 12.4. The zero-order chi connectivity index (χ0) is 27.4. The van der Waals surface area contributed by atoms with E-state index in [4.69, 9.17) is 4.42 Å². The lowest BCUT2D eigenvalue weighted by Crippen LogP contribution is -2.38. The summed E-state index contributed by atoms with van der Waals surface area (Å²) in [5.41, 5.74) is -2.06. The van der Waals surface area contributed by atoms with Crippen molar-refractivity contribution in [1.82, 2.24) is 30.6 Å². The van der Waals surface area contributed by atoms with Gasteiger partial charge < -0.3 is 20.2 Å². The van der Waals surface area contributed by atoms with Crippen LogP contribution in [0.25, 0.3) is 5.69 Å². The second-order valence-corrected chi connectivity index (χ2v) is 9.55. The third kappa shape index (κ3) is 6.14. The molecule has 3 N–H and O–H groups in total. The average molecular weight is 535 g/mol. The van der Waals surface area contributed by atoms with Crippen LogP contribution in [0.1, 0.15) is 79.2 Å². The number of aromatic hydroxyl groups is 1. The molecule has 0 spiro atoms. The van der Waals surface area contributed by atoms with E-state index in [-0.39, 0.29) is 48.2 Å². The number of amides is 2. The summed E-state index contributed by atoms with van der Waals surface area (Å²) in [6, 6.07) is 5.70. The molecule has 38 heavy (non-hydrogen) atoms. The summed E-state index contributed by atoms with van der Waals surface area (Å²) < 4.78 is 47.1. The van der Waals surface area contributed by atoms with Gasteiger partial charge in [-0.2, -0.15) is 18.3 Å². The number of nitrogens with one attached hydrogen (secondary N) is 2. The van der Waals surface area contributed by atoms with Crippen molar-refractivity contribution in [3.05, 3.63) is 53.5 Å². The molecule has 13 heteroatoms. The summed E-state index contributed by atoms with van der Waals surface area (Å²) in [5, 5.41) is 26.7. The molecule has 1 aliphatic rings. The van der Waals surface area contributed by atoms with Crippen LogP contribution in [-0.2, 0) is 11.0 Å². The van der Waals surface area contributed by atoms with Gasteiger partial charge >= 0.3 is 6.18 Å². The Morgan fingerprint density at radius 2 is 1.79 bits per heavy atom. The van der Waals surface area contributed by atoms with Crippen LogP contribution < -0.4 is 10.6 Å². The molecule has 0 saturated heterocycles. The monoisotopic (exact) mass is 534 g/mol. The third-order valence-corrected chi connectivity index (χ3v) is 6.46. The number of carbonyl (C=O) groups excluding carboxylic acids is 2. The van der Waals surface area contributed by atoms with E-state index in [1.54, 1.807) is 0 Å². The smallest absolute Gasteiger partial charge is 0.435 e. The number of benzene rings is 1. The van der Waals surface area contributed by atoms with Gasteiger partial charge in [-0.05, 0) is 37.8 Å². The Labute approximate surface area is 216 Å². The molecule has 0 radical (unpaired) electrons. The van der Waals surface area contributed by atoms with Crippen LogP contribution in [0.3, 0.4) is 0 Å². The molecule has 1 aliphatic carbocycles. The number of aromatic nitrogens is 4. The minimum Gasteiger partial charge on any atom is -0.506 e. The zero-order valence-corrected chi connectivity index (χ0v) is 21.0. The number of rotatable bonds is 8. The predicted molar refractivity (Wildman–Crippen MR) is 129 cm³/mol. The lowest BCUT2D eigenvalue weighted by molar-refractivity contribution is -0.141. The van der Waals surface area contributed by atoms with Gasteiger partial charge in [0.05, 0.1) is 5.56 Å². The van der Waals surface area contributed by atoms with Crippen LogP contribution >= 0.6 is 0 Å². The molecule has 3 aromatic rings. The molecule has 1 fully saturated rings. The van der Waals surface area contributed by atoms with Gasteiger partial charge in [0.15, 0.2) is 5.69 Å². The molecular weight excluding hydrogens is 505 g/mol. The fourth-order valence-corrected chi connectivity index (χ4v) is 4.38. The second-order valence-electron chi connectivity index (χ2n) is 9.55. The van der Waals surface area contributed by atoms with E-state index in [1.807, 2.05) is 13.8 Å². The first-order chi connectivity index (χ1) is 18.0. The Kier molecular flexibility index (Phi) is 8.02. The number of halogens is 3. The summed E-state index contributed by atoms with van der Waals surface area (Å²) in [5.74, 6) is -0.210.